The van der Waals surface area contributed by atoms with Crippen LogP contribution in [-0.2, 0) is 4.74 Å². The second kappa shape index (κ2) is 9.17. The summed E-state index contributed by atoms with van der Waals surface area (Å²) in [6.07, 6.45) is -3.88. The molecule has 0 radical (unpaired) electrons. The van der Waals surface area contributed by atoms with Crippen LogP contribution in [0.15, 0.2) is 18.2 Å². The molecular weight excluding hydrogens is 348 g/mol. The molecule has 146 valence electrons. The van der Waals surface area contributed by atoms with Crippen molar-refractivity contribution in [3.8, 4) is 17.2 Å². The molecule has 0 saturated carbocycles. The van der Waals surface area contributed by atoms with E-state index in [1.54, 1.807) is 18.2 Å². The van der Waals surface area contributed by atoms with Crippen molar-refractivity contribution in [1.82, 2.24) is 0 Å². The van der Waals surface area contributed by atoms with Crippen LogP contribution >= 0.6 is 0 Å². The number of methoxy groups -OCH3 is 2. The quantitative estimate of drug-likeness (QED) is 0.403. The first-order valence-corrected chi connectivity index (χ1v) is 7.97. The Hall–Kier alpha value is -1.88. The highest BCUT2D eigenvalue weighted by Crippen LogP contribution is 2.40. The van der Waals surface area contributed by atoms with Crippen LogP contribution in [0.1, 0.15) is 5.56 Å². The summed E-state index contributed by atoms with van der Waals surface area (Å²) in [5.74, 6) is 0.637. The van der Waals surface area contributed by atoms with Gasteiger partial charge in [-0.15, -0.1) is 0 Å². The van der Waals surface area contributed by atoms with Crippen LogP contribution in [0.4, 0.5) is 0 Å². The molecule has 0 aliphatic carbocycles. The third-order valence-corrected chi connectivity index (χ3v) is 3.98. The average molecular weight is 372 g/mol. The minimum Gasteiger partial charge on any atom is -0.493 e. The number of aliphatic hydroxyl groups is 5. The maximum Gasteiger partial charge on any atom is 0.229 e. The van der Waals surface area contributed by atoms with Gasteiger partial charge < -0.3 is 44.5 Å². The minimum absolute atomic E-state index is 0.112. The van der Waals surface area contributed by atoms with Crippen molar-refractivity contribution in [1.29, 1.82) is 0 Å². The molecule has 1 fully saturated rings. The highest BCUT2D eigenvalue weighted by atomic mass is 16.7. The second-order valence-electron chi connectivity index (χ2n) is 5.65. The minimum atomic E-state index is -1.56. The Morgan fingerprint density at radius 2 is 1.62 bits per heavy atom. The first-order valence-electron chi connectivity index (χ1n) is 7.97. The molecule has 1 saturated heterocycles. The zero-order valence-electron chi connectivity index (χ0n) is 14.5. The van der Waals surface area contributed by atoms with Gasteiger partial charge in [-0.2, -0.15) is 0 Å². The molecule has 5 N–H and O–H groups in total. The van der Waals surface area contributed by atoms with Crippen molar-refractivity contribution in [2.24, 2.45) is 0 Å². The van der Waals surface area contributed by atoms with Gasteiger partial charge in [0, 0.05) is 0 Å². The van der Waals surface area contributed by atoms with E-state index in [-0.39, 0.29) is 23.9 Å². The molecule has 2 rings (SSSR count). The lowest BCUT2D eigenvalue weighted by atomic mass is 9.99. The molecular formula is C17H24O9. The van der Waals surface area contributed by atoms with E-state index >= 15 is 0 Å². The summed E-state index contributed by atoms with van der Waals surface area (Å²) >= 11 is 0. The standard InChI is InChI=1S/C17H24O9/c1-23-10-6-9(4-3-5-18)7-11(24-2)16(10)26-17-15(22)14(21)13(20)12(8-19)25-17/h3-4,6-7,12-15,17-22H,5,8H2,1-2H3/t12-,13-,14+,15?,17+/m1/s1. The average Bonchev–Trinajstić information content (AvgIpc) is 2.66. The van der Waals surface area contributed by atoms with Gasteiger partial charge in [0.25, 0.3) is 0 Å². The molecule has 1 aliphatic rings. The summed E-state index contributed by atoms with van der Waals surface area (Å²) in [6.45, 7) is -0.697. The van der Waals surface area contributed by atoms with Gasteiger partial charge >= 0.3 is 0 Å². The SMILES string of the molecule is COc1cc(C=CCO)cc(OC)c1O[C@@H]1O[C@H](CO)[C@@H](O)[C@H](O)C1O. The van der Waals surface area contributed by atoms with Crippen molar-refractivity contribution < 1.29 is 44.5 Å². The Morgan fingerprint density at radius 1 is 1.00 bits per heavy atom. The van der Waals surface area contributed by atoms with Crippen molar-refractivity contribution in [3.63, 3.8) is 0 Å². The summed E-state index contributed by atoms with van der Waals surface area (Å²) in [7, 11) is 2.82. The van der Waals surface area contributed by atoms with E-state index in [0.29, 0.717) is 5.56 Å². The molecule has 1 aromatic rings. The van der Waals surface area contributed by atoms with Crippen molar-refractivity contribution in [2.45, 2.75) is 30.7 Å². The van der Waals surface area contributed by atoms with Crippen LogP contribution in [-0.4, -0.2) is 83.7 Å². The Balaban J connectivity index is 2.33. The molecule has 0 bridgehead atoms. The molecule has 26 heavy (non-hydrogen) atoms. The van der Waals surface area contributed by atoms with Crippen molar-refractivity contribution >= 4 is 6.08 Å². The van der Waals surface area contributed by atoms with Gasteiger partial charge in [0.15, 0.2) is 11.5 Å². The molecule has 0 amide bonds. The van der Waals surface area contributed by atoms with E-state index in [2.05, 4.69) is 0 Å². The fourth-order valence-electron chi connectivity index (χ4n) is 2.58. The van der Waals surface area contributed by atoms with Crippen molar-refractivity contribution in [2.75, 3.05) is 27.4 Å². The van der Waals surface area contributed by atoms with Gasteiger partial charge in [-0.1, -0.05) is 12.2 Å². The van der Waals surface area contributed by atoms with E-state index in [0.717, 1.165) is 0 Å². The van der Waals surface area contributed by atoms with Crippen LogP contribution in [0, 0.1) is 0 Å². The van der Waals surface area contributed by atoms with E-state index < -0.39 is 37.3 Å². The molecule has 0 spiro atoms. The van der Waals surface area contributed by atoms with Gasteiger partial charge in [-0.05, 0) is 17.7 Å². The van der Waals surface area contributed by atoms with Crippen LogP contribution in [0.3, 0.4) is 0 Å². The summed E-state index contributed by atoms with van der Waals surface area (Å²) in [5.41, 5.74) is 0.675. The molecule has 9 heteroatoms. The first kappa shape index (κ1) is 20.4. The summed E-state index contributed by atoms with van der Waals surface area (Å²) in [4.78, 5) is 0. The van der Waals surface area contributed by atoms with Gasteiger partial charge in [0.2, 0.25) is 12.0 Å². The zero-order valence-corrected chi connectivity index (χ0v) is 14.5. The Kier molecular flexibility index (Phi) is 7.21. The Labute approximate surface area is 150 Å². The zero-order chi connectivity index (χ0) is 19.3. The monoisotopic (exact) mass is 372 g/mol. The first-order chi connectivity index (χ1) is 12.5. The molecule has 1 aromatic carbocycles. The normalized spacial score (nSPS) is 29.0. The number of benzene rings is 1. The number of ether oxygens (including phenoxy) is 4. The molecule has 0 aromatic heterocycles. The van der Waals surface area contributed by atoms with Crippen molar-refractivity contribution in [3.05, 3.63) is 23.8 Å². The molecule has 1 heterocycles. The second-order valence-corrected chi connectivity index (χ2v) is 5.65. The van der Waals surface area contributed by atoms with Gasteiger partial charge in [-0.3, -0.25) is 0 Å². The smallest absolute Gasteiger partial charge is 0.229 e. The number of hydrogen-bond donors (Lipinski definition) is 5. The van der Waals surface area contributed by atoms with E-state index in [9.17, 15) is 20.4 Å². The predicted octanol–water partition coefficient (Wildman–Crippen LogP) is -1.11. The molecule has 1 aliphatic heterocycles. The molecule has 9 nitrogen and oxygen atoms in total. The third-order valence-electron chi connectivity index (χ3n) is 3.98. The maximum atomic E-state index is 10.1. The van der Waals surface area contributed by atoms with E-state index in [1.807, 2.05) is 0 Å². The number of rotatable bonds is 7. The van der Waals surface area contributed by atoms with E-state index in [1.165, 1.54) is 20.3 Å². The number of hydrogen-bond acceptors (Lipinski definition) is 9. The summed E-state index contributed by atoms with van der Waals surface area (Å²) in [5, 5.41) is 48.0. The molecule has 1 unspecified atom stereocenters. The summed E-state index contributed by atoms with van der Waals surface area (Å²) < 4.78 is 21.6. The maximum absolute atomic E-state index is 10.1. The lowest BCUT2D eigenvalue weighted by molar-refractivity contribution is -0.277. The Morgan fingerprint density at radius 3 is 2.12 bits per heavy atom. The summed E-state index contributed by atoms with van der Waals surface area (Å²) in [6, 6.07) is 3.24. The Bertz CT molecular complexity index is 591. The largest absolute Gasteiger partial charge is 0.493 e. The highest BCUT2D eigenvalue weighted by Gasteiger charge is 2.45. The third kappa shape index (κ3) is 4.26. The van der Waals surface area contributed by atoms with Gasteiger partial charge in [0.05, 0.1) is 27.4 Å². The fourth-order valence-corrected chi connectivity index (χ4v) is 2.58. The van der Waals surface area contributed by atoms with Crippen LogP contribution < -0.4 is 14.2 Å². The van der Waals surface area contributed by atoms with Crippen LogP contribution in [0.2, 0.25) is 0 Å². The molecule has 5 atom stereocenters. The van der Waals surface area contributed by atoms with Gasteiger partial charge in [0.1, 0.15) is 24.4 Å². The van der Waals surface area contributed by atoms with Crippen LogP contribution in [0.5, 0.6) is 17.2 Å². The lowest BCUT2D eigenvalue weighted by Gasteiger charge is -2.39. The highest BCUT2D eigenvalue weighted by molar-refractivity contribution is 5.62. The number of aliphatic hydroxyl groups excluding tert-OH is 5. The topological polar surface area (TPSA) is 138 Å². The lowest BCUT2D eigenvalue weighted by Crippen LogP contribution is -2.60. The van der Waals surface area contributed by atoms with Crippen LogP contribution in [0.25, 0.3) is 6.08 Å². The van der Waals surface area contributed by atoms with E-state index in [4.69, 9.17) is 24.1 Å². The van der Waals surface area contributed by atoms with Gasteiger partial charge in [-0.25, -0.2) is 0 Å². The fraction of sp³-hybridized carbons (Fsp3) is 0.529. The predicted molar refractivity (Wildman–Crippen MR) is 90.1 cm³/mol.